The number of sulfonamides is 1. The second-order valence-corrected chi connectivity index (χ2v) is 6.25. The molecule has 0 aliphatic heterocycles. The monoisotopic (exact) mass is 285 g/mol. The van der Waals surface area contributed by atoms with E-state index in [1.54, 1.807) is 19.2 Å². The Morgan fingerprint density at radius 2 is 2.11 bits per heavy atom. The van der Waals surface area contributed by atoms with E-state index in [1.165, 1.54) is 6.07 Å². The van der Waals surface area contributed by atoms with Crippen LogP contribution in [0.4, 0.5) is 11.4 Å². The van der Waals surface area contributed by atoms with Crippen LogP contribution in [0.2, 0.25) is 0 Å². The Labute approximate surface area is 113 Å². The molecule has 7 heteroatoms. The summed E-state index contributed by atoms with van der Waals surface area (Å²) in [5, 5.41) is 8.38. The zero-order chi connectivity index (χ0) is 14.0. The van der Waals surface area contributed by atoms with E-state index < -0.39 is 10.0 Å². The number of nitrogen functional groups attached to an aromatic ring is 1. The van der Waals surface area contributed by atoms with Crippen molar-refractivity contribution in [3.8, 4) is 0 Å². The molecule has 0 aromatic heterocycles. The lowest BCUT2D eigenvalue weighted by molar-refractivity contribution is 0.101. The van der Waals surface area contributed by atoms with Gasteiger partial charge in [0.1, 0.15) is 4.90 Å². The van der Waals surface area contributed by atoms with Crippen LogP contribution in [-0.2, 0) is 14.8 Å². The smallest absolute Gasteiger partial charge is 0.240 e. The number of anilines is 2. The lowest BCUT2D eigenvalue weighted by Crippen LogP contribution is -2.30. The Balaban J connectivity index is 2.27. The minimum absolute atomic E-state index is 0.0514. The first-order valence-electron chi connectivity index (χ1n) is 6.14. The van der Waals surface area contributed by atoms with Crippen LogP contribution < -0.4 is 16.2 Å². The predicted octanol–water partition coefficient (Wildman–Crippen LogP) is 0.896. The number of primary sulfonamides is 1. The summed E-state index contributed by atoms with van der Waals surface area (Å²) in [4.78, 5) is -0.0514. The molecule has 0 heterocycles. The molecule has 1 aliphatic rings. The first-order chi connectivity index (χ1) is 8.93. The molecule has 106 valence electrons. The van der Waals surface area contributed by atoms with Gasteiger partial charge in [-0.3, -0.25) is 0 Å². The number of benzene rings is 1. The number of ether oxygens (including phenoxy) is 1. The summed E-state index contributed by atoms with van der Waals surface area (Å²) in [6, 6.07) is 4.91. The first-order valence-corrected chi connectivity index (χ1v) is 7.68. The third-order valence-corrected chi connectivity index (χ3v) is 4.44. The Kier molecular flexibility index (Phi) is 3.98. The summed E-state index contributed by atoms with van der Waals surface area (Å²) in [5.74, 6) is 0. The van der Waals surface area contributed by atoms with Gasteiger partial charge < -0.3 is 15.8 Å². The number of nitrogens with two attached hydrogens (primary N) is 2. The van der Waals surface area contributed by atoms with E-state index >= 15 is 0 Å². The van der Waals surface area contributed by atoms with Gasteiger partial charge in [-0.05, 0) is 31.4 Å². The van der Waals surface area contributed by atoms with E-state index in [9.17, 15) is 8.42 Å². The molecule has 2 atom stereocenters. The lowest BCUT2D eigenvalue weighted by atomic mass is 10.2. The van der Waals surface area contributed by atoms with E-state index in [0.717, 1.165) is 19.3 Å². The topological polar surface area (TPSA) is 107 Å². The molecule has 19 heavy (non-hydrogen) atoms. The Bertz CT molecular complexity index is 559. The fraction of sp³-hybridized carbons (Fsp3) is 0.500. The fourth-order valence-electron chi connectivity index (χ4n) is 2.49. The van der Waals surface area contributed by atoms with Crippen LogP contribution in [0.15, 0.2) is 23.1 Å². The van der Waals surface area contributed by atoms with Crippen LogP contribution >= 0.6 is 0 Å². The molecule has 0 saturated heterocycles. The summed E-state index contributed by atoms with van der Waals surface area (Å²) in [7, 11) is -2.13. The van der Waals surface area contributed by atoms with Crippen molar-refractivity contribution >= 4 is 21.4 Å². The molecule has 0 amide bonds. The first kappa shape index (κ1) is 14.1. The fourth-order valence-corrected chi connectivity index (χ4v) is 3.18. The summed E-state index contributed by atoms with van der Waals surface area (Å²) >= 11 is 0. The van der Waals surface area contributed by atoms with Crippen molar-refractivity contribution in [1.29, 1.82) is 0 Å². The van der Waals surface area contributed by atoms with Gasteiger partial charge in [-0.15, -0.1) is 0 Å². The summed E-state index contributed by atoms with van der Waals surface area (Å²) < 4.78 is 28.2. The van der Waals surface area contributed by atoms with Crippen molar-refractivity contribution in [1.82, 2.24) is 0 Å². The summed E-state index contributed by atoms with van der Waals surface area (Å²) in [6.45, 7) is 0. The highest BCUT2D eigenvalue weighted by molar-refractivity contribution is 7.89. The summed E-state index contributed by atoms with van der Waals surface area (Å²) in [6.07, 6.45) is 3.16. The zero-order valence-corrected chi connectivity index (χ0v) is 11.6. The second kappa shape index (κ2) is 5.36. The van der Waals surface area contributed by atoms with E-state index in [-0.39, 0.29) is 22.7 Å². The Hall–Kier alpha value is -1.31. The normalized spacial score (nSPS) is 23.5. The molecule has 5 N–H and O–H groups in total. The van der Waals surface area contributed by atoms with Crippen molar-refractivity contribution < 1.29 is 13.2 Å². The molecule has 0 spiro atoms. The van der Waals surface area contributed by atoms with Crippen molar-refractivity contribution in [3.05, 3.63) is 18.2 Å². The van der Waals surface area contributed by atoms with Gasteiger partial charge in [-0.2, -0.15) is 0 Å². The molecule has 1 fully saturated rings. The van der Waals surface area contributed by atoms with Crippen LogP contribution in [0.25, 0.3) is 0 Å². The molecular formula is C12H19N3O3S. The molecule has 1 aromatic carbocycles. The van der Waals surface area contributed by atoms with Gasteiger partial charge in [0.05, 0.1) is 23.5 Å². The molecule has 1 saturated carbocycles. The van der Waals surface area contributed by atoms with Crippen LogP contribution in [0.5, 0.6) is 0 Å². The van der Waals surface area contributed by atoms with Crippen molar-refractivity contribution in [2.45, 2.75) is 36.3 Å². The van der Waals surface area contributed by atoms with Crippen LogP contribution in [-0.4, -0.2) is 27.7 Å². The number of hydrogen-bond donors (Lipinski definition) is 3. The highest BCUT2D eigenvalue weighted by atomic mass is 32.2. The van der Waals surface area contributed by atoms with Crippen molar-refractivity contribution in [2.75, 3.05) is 18.2 Å². The molecular weight excluding hydrogens is 266 g/mol. The number of rotatable bonds is 4. The second-order valence-electron chi connectivity index (χ2n) is 4.72. The SMILES string of the molecule is COC1CCCC1Nc1cccc(S(N)(=O)=O)c1N. The lowest BCUT2D eigenvalue weighted by Gasteiger charge is -2.22. The average molecular weight is 285 g/mol. The number of para-hydroxylation sites is 1. The van der Waals surface area contributed by atoms with Gasteiger partial charge in [0, 0.05) is 7.11 Å². The Morgan fingerprint density at radius 1 is 1.37 bits per heavy atom. The van der Waals surface area contributed by atoms with Gasteiger partial charge in [-0.25, -0.2) is 13.6 Å². The number of hydrogen-bond acceptors (Lipinski definition) is 5. The molecule has 0 bridgehead atoms. The minimum atomic E-state index is -3.80. The van der Waals surface area contributed by atoms with E-state index in [4.69, 9.17) is 15.6 Å². The molecule has 0 radical (unpaired) electrons. The minimum Gasteiger partial charge on any atom is -0.396 e. The molecule has 2 rings (SSSR count). The zero-order valence-electron chi connectivity index (χ0n) is 10.8. The van der Waals surface area contributed by atoms with Gasteiger partial charge in [0.25, 0.3) is 0 Å². The molecule has 1 aliphatic carbocycles. The third-order valence-electron chi connectivity index (χ3n) is 3.47. The quantitative estimate of drug-likeness (QED) is 0.712. The largest absolute Gasteiger partial charge is 0.396 e. The number of methoxy groups -OCH3 is 1. The van der Waals surface area contributed by atoms with Gasteiger partial charge >= 0.3 is 0 Å². The van der Waals surface area contributed by atoms with Crippen molar-refractivity contribution in [3.63, 3.8) is 0 Å². The molecule has 2 unspecified atom stereocenters. The predicted molar refractivity (Wildman–Crippen MR) is 74.3 cm³/mol. The van der Waals surface area contributed by atoms with Crippen molar-refractivity contribution in [2.24, 2.45) is 5.14 Å². The standard InChI is InChI=1S/C12H19N3O3S/c1-18-10-6-2-4-8(10)15-9-5-3-7-11(12(9)13)19(14,16)17/h3,5,7-8,10,15H,2,4,6,13H2,1H3,(H2,14,16,17). The molecule has 1 aromatic rings. The maximum absolute atomic E-state index is 11.4. The Morgan fingerprint density at radius 3 is 2.74 bits per heavy atom. The van der Waals surface area contributed by atoms with Crippen LogP contribution in [0.3, 0.4) is 0 Å². The summed E-state index contributed by atoms with van der Waals surface area (Å²) in [5.41, 5.74) is 6.61. The van der Waals surface area contributed by atoms with E-state index in [0.29, 0.717) is 5.69 Å². The molecule has 6 nitrogen and oxygen atoms in total. The van der Waals surface area contributed by atoms with E-state index in [1.807, 2.05) is 0 Å². The van der Waals surface area contributed by atoms with Gasteiger partial charge in [0.2, 0.25) is 10.0 Å². The maximum Gasteiger partial charge on any atom is 0.240 e. The van der Waals surface area contributed by atoms with Gasteiger partial charge in [0.15, 0.2) is 0 Å². The maximum atomic E-state index is 11.4. The van der Waals surface area contributed by atoms with E-state index in [2.05, 4.69) is 5.32 Å². The third kappa shape index (κ3) is 2.99. The highest BCUT2D eigenvalue weighted by Crippen LogP contribution is 2.30. The van der Waals surface area contributed by atoms with Crippen LogP contribution in [0, 0.1) is 0 Å². The average Bonchev–Trinajstić information content (AvgIpc) is 2.77. The number of nitrogens with one attached hydrogen (secondary N) is 1. The van der Waals surface area contributed by atoms with Crippen LogP contribution in [0.1, 0.15) is 19.3 Å². The highest BCUT2D eigenvalue weighted by Gasteiger charge is 2.27. The van der Waals surface area contributed by atoms with Gasteiger partial charge in [-0.1, -0.05) is 6.07 Å².